The number of ether oxygens (including phenoxy) is 1. The fourth-order valence-corrected chi connectivity index (χ4v) is 4.11. The lowest BCUT2D eigenvalue weighted by Crippen LogP contribution is -2.32. The minimum absolute atomic E-state index is 0.0447. The van der Waals surface area contributed by atoms with E-state index in [-0.39, 0.29) is 11.0 Å². The minimum Gasteiger partial charge on any atom is -0.367 e. The summed E-state index contributed by atoms with van der Waals surface area (Å²) in [5.74, 6) is 1.19. The van der Waals surface area contributed by atoms with E-state index in [1.165, 1.54) is 31.1 Å². The maximum Gasteiger partial charge on any atom is 0.130 e. The molecule has 4 unspecified atom stereocenters. The highest BCUT2D eigenvalue weighted by atomic mass is 16.6. The molecule has 1 saturated heterocycles. The second-order valence-corrected chi connectivity index (χ2v) is 6.64. The molecule has 0 radical (unpaired) electrons. The van der Waals surface area contributed by atoms with Gasteiger partial charge in [0.25, 0.3) is 0 Å². The van der Waals surface area contributed by atoms with Gasteiger partial charge in [-0.2, -0.15) is 0 Å². The van der Waals surface area contributed by atoms with Crippen molar-refractivity contribution in [2.75, 3.05) is 0 Å². The number of aldehydes is 1. The number of fused-ring (bicyclic) bond motifs is 2. The molecule has 1 aliphatic heterocycles. The van der Waals surface area contributed by atoms with Gasteiger partial charge >= 0.3 is 0 Å². The number of epoxide rings is 1. The van der Waals surface area contributed by atoms with Crippen LogP contribution in [0.2, 0.25) is 0 Å². The lowest BCUT2D eigenvalue weighted by atomic mass is 9.68. The molecule has 3 fully saturated rings. The van der Waals surface area contributed by atoms with Gasteiger partial charge in [0, 0.05) is 5.41 Å². The number of hydrogen-bond acceptors (Lipinski definition) is 2. The first-order chi connectivity index (χ1) is 7.99. The van der Waals surface area contributed by atoms with Crippen molar-refractivity contribution in [1.29, 1.82) is 0 Å². The number of rotatable bonds is 4. The number of carbonyl (C=O) groups excluding carboxylic acids is 1. The Morgan fingerprint density at radius 3 is 2.65 bits per heavy atom. The summed E-state index contributed by atoms with van der Waals surface area (Å²) in [4.78, 5) is 11.6. The zero-order valence-corrected chi connectivity index (χ0v) is 10.9. The molecule has 0 aromatic rings. The highest BCUT2D eigenvalue weighted by Gasteiger charge is 2.55. The van der Waals surface area contributed by atoms with Crippen LogP contribution in [0, 0.1) is 17.3 Å². The van der Waals surface area contributed by atoms with Crippen molar-refractivity contribution in [3.8, 4) is 0 Å². The largest absolute Gasteiger partial charge is 0.367 e. The summed E-state index contributed by atoms with van der Waals surface area (Å²) in [6.07, 6.45) is 7.19. The Bertz CT molecular complexity index is 371. The lowest BCUT2D eigenvalue weighted by molar-refractivity contribution is -0.116. The maximum atomic E-state index is 11.6. The van der Waals surface area contributed by atoms with Crippen LogP contribution in [0.25, 0.3) is 0 Å². The zero-order valence-electron chi connectivity index (χ0n) is 10.9. The quantitative estimate of drug-likeness (QED) is 0.425. The summed E-state index contributed by atoms with van der Waals surface area (Å²) in [7, 11) is 0. The lowest BCUT2D eigenvalue weighted by Gasteiger charge is -2.34. The molecule has 2 bridgehead atoms. The van der Waals surface area contributed by atoms with E-state index in [4.69, 9.17) is 4.74 Å². The number of hydrogen-bond donors (Lipinski definition) is 0. The Morgan fingerprint density at radius 1 is 1.47 bits per heavy atom. The molecular weight excluding hydrogens is 212 g/mol. The van der Waals surface area contributed by atoms with Gasteiger partial charge in [-0.25, -0.2) is 0 Å². The zero-order chi connectivity index (χ0) is 12.3. The summed E-state index contributed by atoms with van der Waals surface area (Å²) in [6.45, 7) is 8.48. The monoisotopic (exact) mass is 234 g/mol. The smallest absolute Gasteiger partial charge is 0.130 e. The number of allylic oxidation sites excluding steroid dienone is 1. The normalized spacial score (nSPS) is 46.2. The van der Waals surface area contributed by atoms with Gasteiger partial charge in [-0.05, 0) is 57.8 Å². The third kappa shape index (κ3) is 1.53. The Morgan fingerprint density at radius 2 is 2.18 bits per heavy atom. The van der Waals surface area contributed by atoms with Crippen LogP contribution in [-0.4, -0.2) is 18.0 Å². The van der Waals surface area contributed by atoms with Gasteiger partial charge in [0.05, 0.1) is 11.7 Å². The fourth-order valence-electron chi connectivity index (χ4n) is 4.11. The summed E-state index contributed by atoms with van der Waals surface area (Å²) < 4.78 is 5.62. The topological polar surface area (TPSA) is 29.6 Å². The van der Waals surface area contributed by atoms with E-state index in [0.29, 0.717) is 17.9 Å². The first-order valence-corrected chi connectivity index (χ1v) is 6.83. The Hall–Kier alpha value is -0.630. The van der Waals surface area contributed by atoms with Crippen molar-refractivity contribution in [2.24, 2.45) is 17.3 Å². The van der Waals surface area contributed by atoms with Gasteiger partial charge < -0.3 is 9.53 Å². The van der Waals surface area contributed by atoms with Crippen LogP contribution in [-0.2, 0) is 9.53 Å². The van der Waals surface area contributed by atoms with E-state index in [2.05, 4.69) is 20.4 Å². The van der Waals surface area contributed by atoms with E-state index < -0.39 is 0 Å². The second-order valence-electron chi connectivity index (χ2n) is 6.64. The van der Waals surface area contributed by atoms with Crippen LogP contribution >= 0.6 is 0 Å². The van der Waals surface area contributed by atoms with E-state index in [0.717, 1.165) is 12.8 Å². The van der Waals surface area contributed by atoms with Crippen molar-refractivity contribution in [2.45, 2.75) is 57.7 Å². The summed E-state index contributed by atoms with van der Waals surface area (Å²) in [5, 5.41) is 0. The van der Waals surface area contributed by atoms with Gasteiger partial charge in [-0.3, -0.25) is 0 Å². The Labute approximate surface area is 103 Å². The predicted octanol–water partition coefficient (Wildman–Crippen LogP) is 3.12. The molecule has 3 aliphatic rings. The molecule has 94 valence electrons. The van der Waals surface area contributed by atoms with Crippen LogP contribution < -0.4 is 0 Å². The second kappa shape index (κ2) is 3.44. The summed E-state index contributed by atoms with van der Waals surface area (Å²) >= 11 is 0. The molecule has 2 saturated carbocycles. The summed E-state index contributed by atoms with van der Waals surface area (Å²) in [5.41, 5.74) is 1.07. The fraction of sp³-hybridized carbons (Fsp3) is 0.800. The molecular formula is C15H22O2. The van der Waals surface area contributed by atoms with E-state index in [1.807, 2.05) is 0 Å². The molecule has 17 heavy (non-hydrogen) atoms. The third-order valence-corrected chi connectivity index (χ3v) is 5.45. The SMILES string of the molecule is C=C1C2CCC(C2)C1(C=O)CCC1OC1(C)C. The van der Waals surface area contributed by atoms with Crippen LogP contribution in [0.15, 0.2) is 12.2 Å². The van der Waals surface area contributed by atoms with Gasteiger partial charge in [0.1, 0.15) is 6.29 Å². The van der Waals surface area contributed by atoms with Gasteiger partial charge in [0.2, 0.25) is 0 Å². The van der Waals surface area contributed by atoms with Gasteiger partial charge in [0.15, 0.2) is 0 Å². The third-order valence-electron chi connectivity index (χ3n) is 5.45. The molecule has 1 heterocycles. The standard InChI is InChI=1S/C15H22O2/c1-10-11-4-5-12(8-11)15(10,9-16)7-6-13-14(2,3)17-13/h9,11-13H,1,4-8H2,2-3H3. The van der Waals surface area contributed by atoms with Crippen LogP contribution in [0.4, 0.5) is 0 Å². The maximum absolute atomic E-state index is 11.6. The number of carbonyl (C=O) groups is 1. The molecule has 2 heteroatoms. The molecule has 0 aromatic heterocycles. The van der Waals surface area contributed by atoms with E-state index in [1.54, 1.807) is 0 Å². The first kappa shape index (κ1) is 11.5. The Balaban J connectivity index is 1.71. The van der Waals surface area contributed by atoms with Crippen LogP contribution in [0.3, 0.4) is 0 Å². The van der Waals surface area contributed by atoms with Gasteiger partial charge in [-0.1, -0.05) is 12.2 Å². The van der Waals surface area contributed by atoms with Crippen LogP contribution in [0.5, 0.6) is 0 Å². The molecule has 0 N–H and O–H groups in total. The van der Waals surface area contributed by atoms with Crippen molar-refractivity contribution < 1.29 is 9.53 Å². The summed E-state index contributed by atoms with van der Waals surface area (Å²) in [6, 6.07) is 0. The van der Waals surface area contributed by atoms with Crippen molar-refractivity contribution in [3.63, 3.8) is 0 Å². The minimum atomic E-state index is -0.203. The Kier molecular flexibility index (Phi) is 2.32. The molecule has 0 amide bonds. The average molecular weight is 234 g/mol. The molecule has 3 rings (SSSR count). The van der Waals surface area contributed by atoms with Crippen LogP contribution in [0.1, 0.15) is 46.0 Å². The van der Waals surface area contributed by atoms with Crippen molar-refractivity contribution in [1.82, 2.24) is 0 Å². The molecule has 2 aliphatic carbocycles. The van der Waals surface area contributed by atoms with E-state index in [9.17, 15) is 4.79 Å². The van der Waals surface area contributed by atoms with Gasteiger partial charge in [-0.15, -0.1) is 0 Å². The highest BCUT2D eigenvalue weighted by Crippen LogP contribution is 2.60. The first-order valence-electron chi connectivity index (χ1n) is 6.83. The van der Waals surface area contributed by atoms with Crippen molar-refractivity contribution in [3.05, 3.63) is 12.2 Å². The highest BCUT2D eigenvalue weighted by molar-refractivity contribution is 5.68. The predicted molar refractivity (Wildman–Crippen MR) is 66.7 cm³/mol. The molecule has 0 aromatic carbocycles. The molecule has 0 spiro atoms. The molecule has 2 nitrogen and oxygen atoms in total. The van der Waals surface area contributed by atoms with E-state index >= 15 is 0 Å². The average Bonchev–Trinajstić information content (AvgIpc) is 2.70. The molecule has 4 atom stereocenters. The van der Waals surface area contributed by atoms with Crippen molar-refractivity contribution >= 4 is 6.29 Å².